The van der Waals surface area contributed by atoms with Crippen molar-refractivity contribution in [1.82, 2.24) is 25.4 Å². The minimum absolute atomic E-state index is 0.769. The standard InChI is InChI=1S/C8H5N5/c1-2-6-8(12-13-11-6)7-5(1)9-3-4-10-7/h1-4H,(H,11,12,13). The molecule has 0 aliphatic rings. The molecule has 0 amide bonds. The molecule has 5 nitrogen and oxygen atoms in total. The van der Waals surface area contributed by atoms with Gasteiger partial charge in [0.05, 0.1) is 5.52 Å². The van der Waals surface area contributed by atoms with Crippen molar-refractivity contribution < 1.29 is 0 Å². The molecule has 0 unspecified atom stereocenters. The topological polar surface area (TPSA) is 67.3 Å². The van der Waals surface area contributed by atoms with Gasteiger partial charge >= 0.3 is 0 Å². The van der Waals surface area contributed by atoms with Crippen LogP contribution in [0.4, 0.5) is 0 Å². The fraction of sp³-hybridized carbons (Fsp3) is 0. The van der Waals surface area contributed by atoms with Crippen molar-refractivity contribution in [3.05, 3.63) is 24.5 Å². The smallest absolute Gasteiger partial charge is 0.140 e. The molecular weight excluding hydrogens is 166 g/mol. The van der Waals surface area contributed by atoms with Crippen molar-refractivity contribution in [2.75, 3.05) is 0 Å². The second-order valence-electron chi connectivity index (χ2n) is 2.68. The molecule has 5 heteroatoms. The molecule has 2 heterocycles. The maximum absolute atomic E-state index is 4.20. The molecule has 2 aromatic heterocycles. The number of aromatic nitrogens is 5. The summed E-state index contributed by atoms with van der Waals surface area (Å²) in [5.41, 5.74) is 3.20. The van der Waals surface area contributed by atoms with Crippen LogP contribution >= 0.6 is 0 Å². The van der Waals surface area contributed by atoms with Crippen molar-refractivity contribution >= 4 is 22.1 Å². The largest absolute Gasteiger partial charge is 0.253 e. The molecule has 1 N–H and O–H groups in total. The van der Waals surface area contributed by atoms with Gasteiger partial charge in [0.2, 0.25) is 0 Å². The van der Waals surface area contributed by atoms with Gasteiger partial charge in [0.25, 0.3) is 0 Å². The lowest BCUT2D eigenvalue weighted by Crippen LogP contribution is -1.83. The normalized spacial score (nSPS) is 11.1. The summed E-state index contributed by atoms with van der Waals surface area (Å²) in [4.78, 5) is 8.36. The maximum atomic E-state index is 4.20. The Morgan fingerprint density at radius 1 is 0.846 bits per heavy atom. The Morgan fingerprint density at radius 2 is 1.69 bits per heavy atom. The Bertz CT molecular complexity index is 571. The van der Waals surface area contributed by atoms with E-state index in [0.29, 0.717) is 0 Å². The first-order valence-corrected chi connectivity index (χ1v) is 3.85. The van der Waals surface area contributed by atoms with E-state index >= 15 is 0 Å². The molecule has 3 aromatic rings. The molecule has 0 aliphatic carbocycles. The van der Waals surface area contributed by atoms with Gasteiger partial charge in [0, 0.05) is 12.4 Å². The molecule has 0 aliphatic heterocycles. The summed E-state index contributed by atoms with van der Waals surface area (Å²) in [6, 6.07) is 3.75. The zero-order chi connectivity index (χ0) is 8.67. The van der Waals surface area contributed by atoms with E-state index < -0.39 is 0 Å². The highest BCUT2D eigenvalue weighted by atomic mass is 15.3. The van der Waals surface area contributed by atoms with E-state index in [-0.39, 0.29) is 0 Å². The SMILES string of the molecule is c1cnc2c(ccc3n[nH]nc32)n1. The lowest BCUT2D eigenvalue weighted by atomic mass is 10.2. The van der Waals surface area contributed by atoms with Crippen LogP contribution in [0.2, 0.25) is 0 Å². The Balaban J connectivity index is 2.65. The van der Waals surface area contributed by atoms with Crippen LogP contribution in [0.1, 0.15) is 0 Å². The Morgan fingerprint density at radius 3 is 2.69 bits per heavy atom. The number of hydrogen-bond acceptors (Lipinski definition) is 4. The maximum Gasteiger partial charge on any atom is 0.140 e. The molecular formula is C8H5N5. The average Bonchev–Trinajstić information content (AvgIpc) is 2.65. The van der Waals surface area contributed by atoms with Gasteiger partial charge < -0.3 is 0 Å². The highest BCUT2D eigenvalue weighted by molar-refractivity contribution is 5.98. The van der Waals surface area contributed by atoms with Crippen LogP contribution < -0.4 is 0 Å². The van der Waals surface area contributed by atoms with Crippen LogP contribution in [-0.2, 0) is 0 Å². The van der Waals surface area contributed by atoms with E-state index in [4.69, 9.17) is 0 Å². The predicted molar refractivity (Wildman–Crippen MR) is 47.0 cm³/mol. The summed E-state index contributed by atoms with van der Waals surface area (Å²) in [5, 5.41) is 10.5. The van der Waals surface area contributed by atoms with Crippen molar-refractivity contribution in [2.45, 2.75) is 0 Å². The minimum atomic E-state index is 0.769. The Kier molecular flexibility index (Phi) is 1.11. The molecule has 0 saturated carbocycles. The summed E-state index contributed by atoms with van der Waals surface area (Å²) < 4.78 is 0. The molecule has 3 rings (SSSR count). The second kappa shape index (κ2) is 2.22. The van der Waals surface area contributed by atoms with E-state index in [1.807, 2.05) is 12.1 Å². The number of fused-ring (bicyclic) bond motifs is 3. The predicted octanol–water partition coefficient (Wildman–Crippen LogP) is 0.901. The summed E-state index contributed by atoms with van der Waals surface area (Å²) in [5.74, 6) is 0. The number of aromatic amines is 1. The third-order valence-electron chi connectivity index (χ3n) is 1.92. The fourth-order valence-electron chi connectivity index (χ4n) is 1.34. The first kappa shape index (κ1) is 6.47. The van der Waals surface area contributed by atoms with Crippen molar-refractivity contribution in [3.8, 4) is 0 Å². The third-order valence-corrected chi connectivity index (χ3v) is 1.92. The molecule has 0 radical (unpaired) electrons. The van der Waals surface area contributed by atoms with E-state index in [9.17, 15) is 0 Å². The third kappa shape index (κ3) is 0.807. The molecule has 13 heavy (non-hydrogen) atoms. The number of H-pyrrole nitrogens is 1. The van der Waals surface area contributed by atoms with Crippen molar-refractivity contribution in [1.29, 1.82) is 0 Å². The number of nitrogens with zero attached hydrogens (tertiary/aromatic N) is 4. The van der Waals surface area contributed by atoms with E-state index in [0.717, 1.165) is 22.1 Å². The number of nitrogens with one attached hydrogen (secondary N) is 1. The number of rotatable bonds is 0. The monoisotopic (exact) mass is 171 g/mol. The van der Waals surface area contributed by atoms with Crippen LogP contribution in [-0.4, -0.2) is 25.4 Å². The summed E-state index contributed by atoms with van der Waals surface area (Å²) in [7, 11) is 0. The van der Waals surface area contributed by atoms with Gasteiger partial charge in [-0.05, 0) is 12.1 Å². The lowest BCUT2D eigenvalue weighted by molar-refractivity contribution is 0.960. The molecule has 0 bridgehead atoms. The van der Waals surface area contributed by atoms with Gasteiger partial charge in [0.1, 0.15) is 16.6 Å². The molecule has 1 aromatic carbocycles. The highest BCUT2D eigenvalue weighted by Gasteiger charge is 2.04. The van der Waals surface area contributed by atoms with Crippen LogP contribution in [0.15, 0.2) is 24.5 Å². The second-order valence-corrected chi connectivity index (χ2v) is 2.68. The first-order valence-electron chi connectivity index (χ1n) is 3.85. The first-order chi connectivity index (χ1) is 6.45. The minimum Gasteiger partial charge on any atom is -0.253 e. The Hall–Kier alpha value is -2.04. The molecule has 62 valence electrons. The van der Waals surface area contributed by atoms with Crippen LogP contribution in [0, 0.1) is 0 Å². The van der Waals surface area contributed by atoms with Gasteiger partial charge in [-0.15, -0.1) is 0 Å². The van der Waals surface area contributed by atoms with Crippen molar-refractivity contribution in [2.24, 2.45) is 0 Å². The van der Waals surface area contributed by atoms with Crippen LogP contribution in [0.3, 0.4) is 0 Å². The van der Waals surface area contributed by atoms with Gasteiger partial charge in [-0.3, -0.25) is 9.97 Å². The highest BCUT2D eigenvalue weighted by Crippen LogP contribution is 2.16. The summed E-state index contributed by atoms with van der Waals surface area (Å²) in [6.45, 7) is 0. The van der Waals surface area contributed by atoms with Crippen LogP contribution in [0.25, 0.3) is 22.1 Å². The summed E-state index contributed by atoms with van der Waals surface area (Å²) in [6.07, 6.45) is 3.31. The van der Waals surface area contributed by atoms with E-state index in [2.05, 4.69) is 25.4 Å². The molecule has 0 fully saturated rings. The number of hydrogen-bond donors (Lipinski definition) is 1. The Labute approximate surface area is 72.8 Å². The molecule has 0 saturated heterocycles. The van der Waals surface area contributed by atoms with Gasteiger partial charge in [-0.25, -0.2) is 0 Å². The molecule has 0 spiro atoms. The van der Waals surface area contributed by atoms with E-state index in [1.54, 1.807) is 12.4 Å². The van der Waals surface area contributed by atoms with Gasteiger partial charge in [0.15, 0.2) is 0 Å². The average molecular weight is 171 g/mol. The fourth-order valence-corrected chi connectivity index (χ4v) is 1.34. The van der Waals surface area contributed by atoms with Crippen molar-refractivity contribution in [3.63, 3.8) is 0 Å². The number of benzene rings is 1. The quantitative estimate of drug-likeness (QED) is 0.545. The zero-order valence-electron chi connectivity index (χ0n) is 6.60. The van der Waals surface area contributed by atoms with Gasteiger partial charge in [-0.2, -0.15) is 15.4 Å². The zero-order valence-corrected chi connectivity index (χ0v) is 6.60. The van der Waals surface area contributed by atoms with Gasteiger partial charge in [-0.1, -0.05) is 0 Å². The van der Waals surface area contributed by atoms with E-state index in [1.165, 1.54) is 0 Å². The summed E-state index contributed by atoms with van der Waals surface area (Å²) >= 11 is 0. The molecule has 0 atom stereocenters. The lowest BCUT2D eigenvalue weighted by Gasteiger charge is -1.93. The van der Waals surface area contributed by atoms with Crippen LogP contribution in [0.5, 0.6) is 0 Å².